The Morgan fingerprint density at radius 1 is 1.18 bits per heavy atom. The third kappa shape index (κ3) is 3.76. The Balaban J connectivity index is 1.44. The highest BCUT2D eigenvalue weighted by molar-refractivity contribution is 5.51. The number of aromatic nitrogens is 4. The Bertz CT molecular complexity index is 693. The summed E-state index contributed by atoms with van der Waals surface area (Å²) < 4.78 is 20.4. The van der Waals surface area contributed by atoms with Crippen LogP contribution in [0, 0.1) is 5.82 Å². The molecule has 0 fully saturated rings. The van der Waals surface area contributed by atoms with Gasteiger partial charge in [-0.05, 0) is 37.2 Å². The van der Waals surface area contributed by atoms with E-state index in [4.69, 9.17) is 4.42 Å². The molecule has 114 valence electrons. The third-order valence-corrected chi connectivity index (χ3v) is 3.16. The van der Waals surface area contributed by atoms with Crippen LogP contribution in [0.25, 0.3) is 11.5 Å². The fourth-order valence-corrected chi connectivity index (χ4v) is 2.04. The van der Waals surface area contributed by atoms with E-state index in [0.29, 0.717) is 23.9 Å². The number of hydrogen-bond donors (Lipinski definition) is 1. The van der Waals surface area contributed by atoms with E-state index in [1.807, 2.05) is 10.8 Å². The van der Waals surface area contributed by atoms with Gasteiger partial charge in [0.15, 0.2) is 0 Å². The second kappa shape index (κ2) is 6.95. The van der Waals surface area contributed by atoms with Crippen LogP contribution in [0.2, 0.25) is 0 Å². The summed E-state index contributed by atoms with van der Waals surface area (Å²) in [5.41, 5.74) is 0.709. The van der Waals surface area contributed by atoms with Crippen molar-refractivity contribution in [2.24, 2.45) is 0 Å². The maximum absolute atomic E-state index is 12.9. The highest BCUT2D eigenvalue weighted by atomic mass is 19.1. The number of nitrogens with one attached hydrogen (secondary N) is 1. The summed E-state index contributed by atoms with van der Waals surface area (Å²) in [5, 5.41) is 11.2. The predicted octanol–water partition coefficient (Wildman–Crippen LogP) is 2.25. The molecule has 6 nitrogen and oxygen atoms in total. The number of halogens is 1. The average Bonchev–Trinajstić information content (AvgIpc) is 3.19. The molecule has 22 heavy (non-hydrogen) atoms. The molecule has 0 radical (unpaired) electrons. The van der Waals surface area contributed by atoms with Crippen molar-refractivity contribution in [3.8, 4) is 11.5 Å². The molecule has 0 spiro atoms. The van der Waals surface area contributed by atoms with Crippen LogP contribution >= 0.6 is 0 Å². The van der Waals surface area contributed by atoms with Gasteiger partial charge in [-0.3, -0.25) is 0 Å². The summed E-state index contributed by atoms with van der Waals surface area (Å²) in [7, 11) is 0. The van der Waals surface area contributed by atoms with Crippen molar-refractivity contribution < 1.29 is 8.81 Å². The van der Waals surface area contributed by atoms with Gasteiger partial charge in [-0.15, -0.1) is 10.2 Å². The molecule has 0 saturated carbocycles. The lowest BCUT2D eigenvalue weighted by molar-refractivity contribution is 0.470. The van der Waals surface area contributed by atoms with Crippen LogP contribution in [0.4, 0.5) is 4.39 Å². The van der Waals surface area contributed by atoms with Gasteiger partial charge in [0, 0.05) is 24.5 Å². The lowest BCUT2D eigenvalue weighted by atomic mass is 10.2. The molecule has 7 heteroatoms. The minimum atomic E-state index is -0.289. The van der Waals surface area contributed by atoms with E-state index in [1.54, 1.807) is 24.7 Å². The summed E-state index contributed by atoms with van der Waals surface area (Å²) >= 11 is 0. The second-order valence-corrected chi connectivity index (χ2v) is 4.84. The van der Waals surface area contributed by atoms with Gasteiger partial charge in [0.1, 0.15) is 5.82 Å². The number of benzene rings is 1. The zero-order valence-electron chi connectivity index (χ0n) is 11.9. The zero-order chi connectivity index (χ0) is 15.2. The van der Waals surface area contributed by atoms with Gasteiger partial charge in [-0.25, -0.2) is 9.37 Å². The SMILES string of the molecule is Fc1ccc(-c2nnc(CNCCCn3ccnc3)o2)cc1. The molecule has 0 saturated heterocycles. The maximum Gasteiger partial charge on any atom is 0.247 e. The molecular formula is C15H16FN5O. The Hall–Kier alpha value is -2.54. The maximum atomic E-state index is 12.9. The van der Waals surface area contributed by atoms with Gasteiger partial charge in [0.05, 0.1) is 12.9 Å². The number of hydrogen-bond acceptors (Lipinski definition) is 5. The Labute approximate surface area is 127 Å². The lowest BCUT2D eigenvalue weighted by Gasteiger charge is -2.02. The van der Waals surface area contributed by atoms with E-state index >= 15 is 0 Å². The zero-order valence-corrected chi connectivity index (χ0v) is 11.9. The molecule has 3 aromatic rings. The molecule has 0 bridgehead atoms. The number of aryl methyl sites for hydroxylation is 1. The van der Waals surface area contributed by atoms with E-state index in [0.717, 1.165) is 19.5 Å². The van der Waals surface area contributed by atoms with Crippen molar-refractivity contribution in [1.82, 2.24) is 25.1 Å². The van der Waals surface area contributed by atoms with Gasteiger partial charge < -0.3 is 14.3 Å². The van der Waals surface area contributed by atoms with Crippen molar-refractivity contribution >= 4 is 0 Å². The highest BCUT2D eigenvalue weighted by Crippen LogP contribution is 2.17. The van der Waals surface area contributed by atoms with Crippen LogP contribution in [0.3, 0.4) is 0 Å². The van der Waals surface area contributed by atoms with Crippen LogP contribution in [-0.2, 0) is 13.1 Å². The topological polar surface area (TPSA) is 68.8 Å². The number of imidazole rings is 1. The third-order valence-electron chi connectivity index (χ3n) is 3.16. The lowest BCUT2D eigenvalue weighted by Crippen LogP contribution is -2.16. The standard InChI is InChI=1S/C15H16FN5O/c16-13-4-2-12(3-5-13)15-20-19-14(22-15)10-17-6-1-8-21-9-7-18-11-21/h2-5,7,9,11,17H,1,6,8,10H2. The van der Waals surface area contributed by atoms with Gasteiger partial charge >= 0.3 is 0 Å². The van der Waals surface area contributed by atoms with Crippen LogP contribution in [-0.4, -0.2) is 26.3 Å². The summed E-state index contributed by atoms with van der Waals surface area (Å²) in [6.45, 7) is 2.27. The fourth-order valence-electron chi connectivity index (χ4n) is 2.04. The Morgan fingerprint density at radius 2 is 2.05 bits per heavy atom. The molecular weight excluding hydrogens is 285 g/mol. The molecule has 2 heterocycles. The highest BCUT2D eigenvalue weighted by Gasteiger charge is 2.08. The van der Waals surface area contributed by atoms with Crippen molar-refractivity contribution in [3.63, 3.8) is 0 Å². The van der Waals surface area contributed by atoms with Gasteiger partial charge in [-0.2, -0.15) is 0 Å². The first-order chi connectivity index (χ1) is 10.8. The van der Waals surface area contributed by atoms with Crippen molar-refractivity contribution in [2.45, 2.75) is 19.5 Å². The molecule has 1 aromatic carbocycles. The number of rotatable bonds is 7. The van der Waals surface area contributed by atoms with Gasteiger partial charge in [-0.1, -0.05) is 0 Å². The molecule has 0 atom stereocenters. The molecule has 1 N–H and O–H groups in total. The van der Waals surface area contributed by atoms with Crippen LogP contribution in [0.15, 0.2) is 47.4 Å². The van der Waals surface area contributed by atoms with Crippen molar-refractivity contribution in [2.75, 3.05) is 6.54 Å². The number of nitrogens with zero attached hydrogens (tertiary/aromatic N) is 4. The Kier molecular flexibility index (Phi) is 4.55. The first-order valence-corrected chi connectivity index (χ1v) is 7.06. The molecule has 0 unspecified atom stereocenters. The normalized spacial score (nSPS) is 11.0. The average molecular weight is 301 g/mol. The minimum Gasteiger partial charge on any atom is -0.419 e. The fraction of sp³-hybridized carbons (Fsp3) is 0.267. The van der Waals surface area contributed by atoms with E-state index in [2.05, 4.69) is 20.5 Å². The van der Waals surface area contributed by atoms with Gasteiger partial charge in [0.25, 0.3) is 0 Å². The summed E-state index contributed by atoms with van der Waals surface area (Å²) in [6, 6.07) is 5.97. The molecule has 0 aliphatic heterocycles. The summed E-state index contributed by atoms with van der Waals surface area (Å²) in [5.74, 6) is 0.625. The van der Waals surface area contributed by atoms with E-state index in [9.17, 15) is 4.39 Å². The van der Waals surface area contributed by atoms with E-state index in [1.165, 1.54) is 12.1 Å². The van der Waals surface area contributed by atoms with Crippen LogP contribution < -0.4 is 5.32 Å². The van der Waals surface area contributed by atoms with E-state index < -0.39 is 0 Å². The van der Waals surface area contributed by atoms with Crippen LogP contribution in [0.5, 0.6) is 0 Å². The monoisotopic (exact) mass is 301 g/mol. The summed E-state index contributed by atoms with van der Waals surface area (Å²) in [6.07, 6.45) is 6.48. The molecule has 0 amide bonds. The predicted molar refractivity (Wildman–Crippen MR) is 78.2 cm³/mol. The smallest absolute Gasteiger partial charge is 0.247 e. The molecule has 2 aromatic heterocycles. The Morgan fingerprint density at radius 3 is 2.82 bits per heavy atom. The molecule has 0 aliphatic carbocycles. The first kappa shape index (κ1) is 14.4. The van der Waals surface area contributed by atoms with Crippen LogP contribution in [0.1, 0.15) is 12.3 Å². The van der Waals surface area contributed by atoms with Crippen molar-refractivity contribution in [1.29, 1.82) is 0 Å². The first-order valence-electron chi connectivity index (χ1n) is 7.06. The summed E-state index contributed by atoms with van der Waals surface area (Å²) in [4.78, 5) is 3.99. The molecule has 0 aliphatic rings. The molecule has 3 rings (SSSR count). The minimum absolute atomic E-state index is 0.289. The second-order valence-electron chi connectivity index (χ2n) is 4.84. The van der Waals surface area contributed by atoms with Crippen molar-refractivity contribution in [3.05, 3.63) is 54.7 Å². The quantitative estimate of drug-likeness (QED) is 0.678. The van der Waals surface area contributed by atoms with E-state index in [-0.39, 0.29) is 5.82 Å². The van der Waals surface area contributed by atoms with Gasteiger partial charge in [0.2, 0.25) is 11.8 Å². The largest absolute Gasteiger partial charge is 0.419 e.